The fourth-order valence-electron chi connectivity index (χ4n) is 1.23. The maximum absolute atomic E-state index is 11.3. The number of nitrogens with zero attached hydrogens (tertiary/aromatic N) is 1. The monoisotopic (exact) mass is 185 g/mol. The van der Waals surface area contributed by atoms with Crippen molar-refractivity contribution in [3.05, 3.63) is 0 Å². The van der Waals surface area contributed by atoms with E-state index in [-0.39, 0.29) is 11.8 Å². The van der Waals surface area contributed by atoms with E-state index in [4.69, 9.17) is 0 Å². The van der Waals surface area contributed by atoms with Crippen LogP contribution in [0, 0.1) is 5.92 Å². The summed E-state index contributed by atoms with van der Waals surface area (Å²) < 4.78 is 0. The van der Waals surface area contributed by atoms with Crippen molar-refractivity contribution in [3.63, 3.8) is 0 Å². The number of hydrogen-bond acceptors (Lipinski definition) is 3. The third kappa shape index (κ3) is 3.74. The molecule has 2 N–H and O–H groups in total. The Bertz CT molecular complexity index is 166. The minimum absolute atomic E-state index is 0.206. The number of amides is 1. The van der Waals surface area contributed by atoms with Gasteiger partial charge in [-0.3, -0.25) is 4.79 Å². The van der Waals surface area contributed by atoms with Crippen molar-refractivity contribution >= 4 is 5.91 Å². The van der Waals surface area contributed by atoms with Gasteiger partial charge in [0.05, 0.1) is 5.92 Å². The molecular weight excluding hydrogens is 166 g/mol. The fourth-order valence-corrected chi connectivity index (χ4v) is 1.23. The van der Waals surface area contributed by atoms with Gasteiger partial charge in [0, 0.05) is 19.6 Å². The summed E-state index contributed by atoms with van der Waals surface area (Å²) in [5, 5.41) is 6.02. The van der Waals surface area contributed by atoms with Gasteiger partial charge in [0.1, 0.15) is 0 Å². The van der Waals surface area contributed by atoms with E-state index >= 15 is 0 Å². The molecule has 76 valence electrons. The van der Waals surface area contributed by atoms with E-state index in [0.29, 0.717) is 0 Å². The van der Waals surface area contributed by atoms with Crippen LogP contribution in [0.1, 0.15) is 6.42 Å². The van der Waals surface area contributed by atoms with Crippen LogP contribution in [0.4, 0.5) is 0 Å². The molecule has 0 unspecified atom stereocenters. The molecule has 1 heterocycles. The van der Waals surface area contributed by atoms with Gasteiger partial charge in [0.2, 0.25) is 5.91 Å². The Morgan fingerprint density at radius 1 is 1.54 bits per heavy atom. The van der Waals surface area contributed by atoms with Gasteiger partial charge in [0.15, 0.2) is 0 Å². The van der Waals surface area contributed by atoms with Crippen molar-refractivity contribution in [1.82, 2.24) is 15.5 Å². The van der Waals surface area contributed by atoms with E-state index in [1.165, 1.54) is 0 Å². The summed E-state index contributed by atoms with van der Waals surface area (Å²) in [4.78, 5) is 13.4. The molecule has 1 fully saturated rings. The zero-order valence-corrected chi connectivity index (χ0v) is 8.47. The van der Waals surface area contributed by atoms with Crippen LogP contribution in [0.15, 0.2) is 0 Å². The Balaban J connectivity index is 1.95. The van der Waals surface area contributed by atoms with E-state index < -0.39 is 0 Å². The Morgan fingerprint density at radius 3 is 2.69 bits per heavy atom. The second-order valence-corrected chi connectivity index (χ2v) is 3.80. The van der Waals surface area contributed by atoms with Crippen LogP contribution in [-0.4, -0.2) is 51.1 Å². The number of rotatable bonds is 5. The van der Waals surface area contributed by atoms with Gasteiger partial charge >= 0.3 is 0 Å². The van der Waals surface area contributed by atoms with Crippen molar-refractivity contribution in [1.29, 1.82) is 0 Å². The topological polar surface area (TPSA) is 44.4 Å². The van der Waals surface area contributed by atoms with E-state index in [1.807, 2.05) is 14.1 Å². The van der Waals surface area contributed by atoms with Crippen molar-refractivity contribution in [2.45, 2.75) is 6.42 Å². The first-order valence-electron chi connectivity index (χ1n) is 4.83. The van der Waals surface area contributed by atoms with Crippen LogP contribution in [0.3, 0.4) is 0 Å². The Kier molecular flexibility index (Phi) is 4.18. The molecule has 0 aromatic rings. The molecule has 4 heteroatoms. The summed E-state index contributed by atoms with van der Waals surface area (Å²) in [7, 11) is 4.08. The van der Waals surface area contributed by atoms with Crippen LogP contribution in [-0.2, 0) is 4.79 Å². The fraction of sp³-hybridized carbons (Fsp3) is 0.889. The van der Waals surface area contributed by atoms with E-state index in [9.17, 15) is 4.79 Å². The third-order valence-electron chi connectivity index (χ3n) is 2.23. The van der Waals surface area contributed by atoms with E-state index in [2.05, 4.69) is 15.5 Å². The molecule has 1 amide bonds. The van der Waals surface area contributed by atoms with Gasteiger partial charge in [-0.15, -0.1) is 0 Å². The molecule has 1 aliphatic rings. The summed E-state index contributed by atoms with van der Waals surface area (Å²) in [6.45, 7) is 3.52. The maximum Gasteiger partial charge on any atom is 0.225 e. The molecule has 13 heavy (non-hydrogen) atoms. The SMILES string of the molecule is CN(C)CCCNC(=O)C1CNC1. The minimum atomic E-state index is 0.206. The smallest absolute Gasteiger partial charge is 0.225 e. The lowest BCUT2D eigenvalue weighted by Crippen LogP contribution is -2.51. The van der Waals surface area contributed by atoms with Crippen LogP contribution >= 0.6 is 0 Å². The molecule has 0 saturated carbocycles. The van der Waals surface area contributed by atoms with Crippen molar-refractivity contribution in [3.8, 4) is 0 Å². The zero-order chi connectivity index (χ0) is 9.68. The average Bonchev–Trinajstić information content (AvgIpc) is 1.94. The van der Waals surface area contributed by atoms with E-state index in [1.54, 1.807) is 0 Å². The summed E-state index contributed by atoms with van der Waals surface area (Å²) >= 11 is 0. The third-order valence-corrected chi connectivity index (χ3v) is 2.23. The second kappa shape index (κ2) is 5.19. The summed E-state index contributed by atoms with van der Waals surface area (Å²) in [6, 6.07) is 0. The lowest BCUT2D eigenvalue weighted by atomic mass is 10.0. The molecule has 1 aliphatic heterocycles. The van der Waals surface area contributed by atoms with Gasteiger partial charge in [-0.2, -0.15) is 0 Å². The minimum Gasteiger partial charge on any atom is -0.356 e. The molecule has 0 aromatic heterocycles. The molecule has 0 atom stereocenters. The van der Waals surface area contributed by atoms with Crippen molar-refractivity contribution in [2.24, 2.45) is 5.92 Å². The van der Waals surface area contributed by atoms with Crippen LogP contribution in [0.2, 0.25) is 0 Å². The second-order valence-electron chi connectivity index (χ2n) is 3.80. The van der Waals surface area contributed by atoms with Crippen LogP contribution in [0.25, 0.3) is 0 Å². The molecule has 4 nitrogen and oxygen atoms in total. The lowest BCUT2D eigenvalue weighted by Gasteiger charge is -2.25. The average molecular weight is 185 g/mol. The van der Waals surface area contributed by atoms with Crippen LogP contribution in [0.5, 0.6) is 0 Å². The standard InChI is InChI=1S/C9H19N3O/c1-12(2)5-3-4-11-9(13)8-6-10-7-8/h8,10H,3-7H2,1-2H3,(H,11,13). The lowest BCUT2D eigenvalue weighted by molar-refractivity contribution is -0.126. The summed E-state index contributed by atoms with van der Waals surface area (Å²) in [5.74, 6) is 0.428. The number of carbonyl (C=O) groups excluding carboxylic acids is 1. The van der Waals surface area contributed by atoms with Crippen molar-refractivity contribution < 1.29 is 4.79 Å². The van der Waals surface area contributed by atoms with E-state index in [0.717, 1.165) is 32.6 Å². The summed E-state index contributed by atoms with van der Waals surface area (Å²) in [6.07, 6.45) is 1.03. The van der Waals surface area contributed by atoms with Gasteiger partial charge in [0.25, 0.3) is 0 Å². The highest BCUT2D eigenvalue weighted by Gasteiger charge is 2.23. The number of carbonyl (C=O) groups is 1. The molecule has 0 aliphatic carbocycles. The Labute approximate surface area is 79.7 Å². The number of hydrogen-bond donors (Lipinski definition) is 2. The molecule has 1 rings (SSSR count). The quantitative estimate of drug-likeness (QED) is 0.555. The Morgan fingerprint density at radius 2 is 2.23 bits per heavy atom. The van der Waals surface area contributed by atoms with Gasteiger partial charge in [-0.05, 0) is 27.1 Å². The van der Waals surface area contributed by atoms with Crippen molar-refractivity contribution in [2.75, 3.05) is 40.3 Å². The highest BCUT2D eigenvalue weighted by molar-refractivity contribution is 5.79. The predicted octanol–water partition coefficient (Wildman–Crippen LogP) is -0.726. The van der Waals surface area contributed by atoms with Gasteiger partial charge in [-0.25, -0.2) is 0 Å². The normalized spacial score (nSPS) is 17.2. The highest BCUT2D eigenvalue weighted by Crippen LogP contribution is 2.01. The molecule has 0 bridgehead atoms. The maximum atomic E-state index is 11.3. The van der Waals surface area contributed by atoms with Gasteiger partial charge in [-0.1, -0.05) is 0 Å². The number of nitrogens with one attached hydrogen (secondary N) is 2. The molecular formula is C9H19N3O. The highest BCUT2D eigenvalue weighted by atomic mass is 16.2. The predicted molar refractivity (Wildman–Crippen MR) is 52.5 cm³/mol. The zero-order valence-electron chi connectivity index (χ0n) is 8.47. The molecule has 0 aromatic carbocycles. The summed E-state index contributed by atoms with van der Waals surface area (Å²) in [5.41, 5.74) is 0. The van der Waals surface area contributed by atoms with Gasteiger partial charge < -0.3 is 15.5 Å². The first kappa shape index (κ1) is 10.5. The Hall–Kier alpha value is -0.610. The molecule has 0 radical (unpaired) electrons. The molecule has 1 saturated heterocycles. The first-order valence-corrected chi connectivity index (χ1v) is 4.83. The largest absolute Gasteiger partial charge is 0.356 e. The first-order chi connectivity index (χ1) is 6.20. The van der Waals surface area contributed by atoms with Crippen LogP contribution < -0.4 is 10.6 Å². The molecule has 0 spiro atoms.